The van der Waals surface area contributed by atoms with Gasteiger partial charge in [-0.25, -0.2) is 15.4 Å². The van der Waals surface area contributed by atoms with Crippen LogP contribution in [0.3, 0.4) is 0 Å². The highest BCUT2D eigenvalue weighted by molar-refractivity contribution is 9.10. The second kappa shape index (κ2) is 6.78. The molecule has 1 aromatic carbocycles. The molecule has 20 heavy (non-hydrogen) atoms. The molecule has 2 heterocycles. The summed E-state index contributed by atoms with van der Waals surface area (Å²) in [6.45, 7) is 4.25. The van der Waals surface area contributed by atoms with E-state index in [1.807, 2.05) is 6.20 Å². The van der Waals surface area contributed by atoms with Crippen LogP contribution in [-0.2, 0) is 11.3 Å². The number of thiazole rings is 1. The van der Waals surface area contributed by atoms with E-state index in [9.17, 15) is 0 Å². The largest absolute Gasteiger partial charge is 0.379 e. The minimum absolute atomic E-state index is 0.779. The maximum atomic E-state index is 5.32. The Morgan fingerprint density at radius 3 is 2.75 bits per heavy atom. The van der Waals surface area contributed by atoms with Gasteiger partial charge in [-0.1, -0.05) is 28.1 Å². The van der Waals surface area contributed by atoms with Gasteiger partial charge in [-0.05, 0) is 17.7 Å². The van der Waals surface area contributed by atoms with E-state index in [1.54, 1.807) is 11.3 Å². The fraction of sp³-hybridized carbons (Fsp3) is 0.357. The van der Waals surface area contributed by atoms with Crippen molar-refractivity contribution in [2.24, 2.45) is 0 Å². The van der Waals surface area contributed by atoms with Crippen LogP contribution in [-0.4, -0.2) is 36.3 Å². The first-order valence-corrected chi connectivity index (χ1v) is 8.19. The Morgan fingerprint density at radius 2 is 2.00 bits per heavy atom. The molecule has 0 bridgehead atoms. The number of nitrogens with zero attached hydrogens (tertiary/aromatic N) is 2. The molecule has 1 aliphatic heterocycles. The molecule has 0 radical (unpaired) electrons. The first-order valence-electron chi connectivity index (χ1n) is 6.58. The van der Waals surface area contributed by atoms with Crippen molar-refractivity contribution in [1.29, 1.82) is 0 Å². The Bertz CT molecular complexity index is 552. The maximum absolute atomic E-state index is 5.32. The van der Waals surface area contributed by atoms with Gasteiger partial charge >= 0.3 is 0 Å². The second-order valence-corrected chi connectivity index (χ2v) is 6.59. The molecule has 4 nitrogen and oxygen atoms in total. The van der Waals surface area contributed by atoms with Crippen LogP contribution in [0.25, 0.3) is 10.4 Å². The highest BCUT2D eigenvalue weighted by Crippen LogP contribution is 2.27. The molecule has 0 saturated carbocycles. The lowest BCUT2D eigenvalue weighted by Gasteiger charge is -2.26. The molecule has 0 atom stereocenters. The summed E-state index contributed by atoms with van der Waals surface area (Å²) in [5.41, 5.74) is 4.62. The fourth-order valence-electron chi connectivity index (χ4n) is 2.04. The van der Waals surface area contributed by atoms with E-state index < -0.39 is 0 Å². The van der Waals surface area contributed by atoms with E-state index >= 15 is 0 Å². The van der Waals surface area contributed by atoms with Gasteiger partial charge in [0, 0.05) is 23.8 Å². The van der Waals surface area contributed by atoms with Crippen molar-refractivity contribution < 1.29 is 4.74 Å². The quantitative estimate of drug-likeness (QED) is 0.916. The van der Waals surface area contributed by atoms with Gasteiger partial charge < -0.3 is 4.74 Å². The van der Waals surface area contributed by atoms with Gasteiger partial charge in [-0.3, -0.25) is 0 Å². The number of hydrazine groups is 1. The molecule has 1 aliphatic rings. The molecule has 1 N–H and O–H groups in total. The highest BCUT2D eigenvalue weighted by Gasteiger charge is 2.10. The Kier molecular flexibility index (Phi) is 4.80. The van der Waals surface area contributed by atoms with Gasteiger partial charge in [-0.15, -0.1) is 11.3 Å². The van der Waals surface area contributed by atoms with Crippen molar-refractivity contribution >= 4 is 27.3 Å². The maximum Gasteiger partial charge on any atom is 0.108 e. The Balaban J connectivity index is 1.60. The molecular formula is C14H16BrN3OS. The van der Waals surface area contributed by atoms with E-state index in [-0.39, 0.29) is 0 Å². The van der Waals surface area contributed by atoms with Gasteiger partial charge in [-0.2, -0.15) is 0 Å². The van der Waals surface area contributed by atoms with E-state index in [4.69, 9.17) is 4.74 Å². The van der Waals surface area contributed by atoms with E-state index in [2.05, 4.69) is 55.6 Å². The molecule has 1 aromatic heterocycles. The van der Waals surface area contributed by atoms with E-state index in [1.165, 1.54) is 10.4 Å². The van der Waals surface area contributed by atoms with Crippen LogP contribution in [0.15, 0.2) is 34.9 Å². The summed E-state index contributed by atoms with van der Waals surface area (Å²) in [6.07, 6.45) is 1.95. The third-order valence-electron chi connectivity index (χ3n) is 3.15. The fourth-order valence-corrected chi connectivity index (χ4v) is 3.16. The van der Waals surface area contributed by atoms with Crippen molar-refractivity contribution in [3.8, 4) is 10.4 Å². The molecule has 3 rings (SSSR count). The third-order valence-corrected chi connectivity index (χ3v) is 4.72. The van der Waals surface area contributed by atoms with Gasteiger partial charge in [0.2, 0.25) is 0 Å². The number of halogens is 1. The molecule has 0 spiro atoms. The van der Waals surface area contributed by atoms with Crippen LogP contribution in [0.5, 0.6) is 0 Å². The summed E-state index contributed by atoms with van der Waals surface area (Å²) in [7, 11) is 0. The molecule has 1 saturated heterocycles. The number of aromatic nitrogens is 1. The summed E-state index contributed by atoms with van der Waals surface area (Å²) >= 11 is 5.19. The summed E-state index contributed by atoms with van der Waals surface area (Å²) in [5.74, 6) is 0. The smallest absolute Gasteiger partial charge is 0.108 e. The number of hydrogen-bond acceptors (Lipinski definition) is 5. The molecule has 0 aliphatic carbocycles. The summed E-state index contributed by atoms with van der Waals surface area (Å²) in [6, 6.07) is 8.33. The summed E-state index contributed by atoms with van der Waals surface area (Å²) < 4.78 is 6.42. The van der Waals surface area contributed by atoms with E-state index in [0.717, 1.165) is 42.3 Å². The lowest BCUT2D eigenvalue weighted by Crippen LogP contribution is -2.45. The zero-order valence-electron chi connectivity index (χ0n) is 11.0. The highest BCUT2D eigenvalue weighted by atomic mass is 79.9. The Hall–Kier alpha value is -0.790. The van der Waals surface area contributed by atoms with Crippen molar-refractivity contribution in [2.75, 3.05) is 26.3 Å². The third kappa shape index (κ3) is 3.65. The monoisotopic (exact) mass is 353 g/mol. The molecule has 106 valence electrons. The lowest BCUT2D eigenvalue weighted by atomic mass is 10.2. The standard InChI is InChI=1S/C14H16BrN3OS/c15-12-3-1-11(2-4-12)13-9-16-14(20-13)10-17-18-5-7-19-8-6-18/h1-4,9,17H,5-8,10H2. The number of nitrogens with one attached hydrogen (secondary N) is 1. The normalized spacial score (nSPS) is 16.4. The number of hydrogen-bond donors (Lipinski definition) is 1. The second-order valence-electron chi connectivity index (χ2n) is 4.56. The molecule has 2 aromatic rings. The van der Waals surface area contributed by atoms with Crippen molar-refractivity contribution in [3.05, 3.63) is 39.9 Å². The zero-order valence-corrected chi connectivity index (χ0v) is 13.4. The lowest BCUT2D eigenvalue weighted by molar-refractivity contribution is 0.0105. The average molecular weight is 354 g/mol. The van der Waals surface area contributed by atoms with Crippen LogP contribution in [0, 0.1) is 0 Å². The van der Waals surface area contributed by atoms with Crippen LogP contribution >= 0.6 is 27.3 Å². The van der Waals surface area contributed by atoms with Gasteiger partial charge in [0.1, 0.15) is 5.01 Å². The Morgan fingerprint density at radius 1 is 1.25 bits per heavy atom. The topological polar surface area (TPSA) is 37.4 Å². The van der Waals surface area contributed by atoms with Crippen LogP contribution in [0.2, 0.25) is 0 Å². The number of ether oxygens (including phenoxy) is 1. The van der Waals surface area contributed by atoms with Crippen LogP contribution in [0.1, 0.15) is 5.01 Å². The number of rotatable bonds is 4. The van der Waals surface area contributed by atoms with Crippen molar-refractivity contribution in [3.63, 3.8) is 0 Å². The number of morpholine rings is 1. The first-order chi connectivity index (χ1) is 9.81. The van der Waals surface area contributed by atoms with Gasteiger partial charge in [0.15, 0.2) is 0 Å². The number of benzene rings is 1. The van der Waals surface area contributed by atoms with Gasteiger partial charge in [0.25, 0.3) is 0 Å². The SMILES string of the molecule is Brc1ccc(-c2cnc(CNN3CCOCC3)s2)cc1. The first kappa shape index (κ1) is 14.2. The predicted octanol–water partition coefficient (Wildman–Crippen LogP) is 2.91. The zero-order chi connectivity index (χ0) is 13.8. The summed E-state index contributed by atoms with van der Waals surface area (Å²) in [4.78, 5) is 5.69. The summed E-state index contributed by atoms with van der Waals surface area (Å²) in [5, 5.41) is 3.30. The molecule has 0 amide bonds. The van der Waals surface area contributed by atoms with Crippen LogP contribution < -0.4 is 5.43 Å². The molecule has 6 heteroatoms. The van der Waals surface area contributed by atoms with Crippen LogP contribution in [0.4, 0.5) is 0 Å². The average Bonchev–Trinajstić information content (AvgIpc) is 2.96. The van der Waals surface area contributed by atoms with Crippen molar-refractivity contribution in [1.82, 2.24) is 15.4 Å². The molecule has 0 unspecified atom stereocenters. The Labute approximate surface area is 130 Å². The molecular weight excluding hydrogens is 338 g/mol. The van der Waals surface area contributed by atoms with Gasteiger partial charge in [0.05, 0.1) is 24.6 Å². The molecule has 1 fully saturated rings. The minimum atomic E-state index is 0.779. The van der Waals surface area contributed by atoms with Crippen molar-refractivity contribution in [2.45, 2.75) is 6.54 Å². The predicted molar refractivity (Wildman–Crippen MR) is 84.5 cm³/mol. The minimum Gasteiger partial charge on any atom is -0.379 e. The van der Waals surface area contributed by atoms with E-state index in [0.29, 0.717) is 0 Å².